The summed E-state index contributed by atoms with van der Waals surface area (Å²) in [5, 5.41) is 8.61. The molecule has 2 aliphatic heterocycles. The van der Waals surface area contributed by atoms with E-state index in [1.807, 2.05) is 30.3 Å². The first-order valence-corrected chi connectivity index (χ1v) is 15.6. The summed E-state index contributed by atoms with van der Waals surface area (Å²) in [5.74, 6) is -1.73. The summed E-state index contributed by atoms with van der Waals surface area (Å²) in [6.45, 7) is 3.89. The molecule has 0 fully saturated rings. The van der Waals surface area contributed by atoms with E-state index < -0.39 is 45.5 Å². The van der Waals surface area contributed by atoms with Gasteiger partial charge in [0.1, 0.15) is 11.9 Å². The van der Waals surface area contributed by atoms with Gasteiger partial charge in [0, 0.05) is 29.0 Å². The minimum atomic E-state index is -4.66. The maximum atomic E-state index is 14.3. The Morgan fingerprint density at radius 1 is 1.00 bits per heavy atom. The number of hydrogen-bond acceptors (Lipinski definition) is 5. The summed E-state index contributed by atoms with van der Waals surface area (Å²) in [5.41, 5.74) is 1.50. The average molecular weight is 636 g/mol. The lowest BCUT2D eigenvalue weighted by Gasteiger charge is -2.38. The van der Waals surface area contributed by atoms with Crippen molar-refractivity contribution in [2.24, 2.45) is 0 Å². The Kier molecular flexibility index (Phi) is 7.51. The molecular weight excluding hydrogens is 607 g/mol. The molecule has 1 N–H and O–H groups in total. The van der Waals surface area contributed by atoms with Gasteiger partial charge in [-0.2, -0.15) is 18.3 Å². The number of benzene rings is 3. The first kappa shape index (κ1) is 30.1. The van der Waals surface area contributed by atoms with Gasteiger partial charge in [0.05, 0.1) is 29.2 Å². The summed E-state index contributed by atoms with van der Waals surface area (Å²) in [4.78, 5) is 29.3. The number of carbonyl (C=O) groups is 2. The lowest BCUT2D eigenvalue weighted by Crippen LogP contribution is -2.55. The number of sulfonamides is 1. The minimum absolute atomic E-state index is 0.130. The Labute approximate surface area is 257 Å². The summed E-state index contributed by atoms with van der Waals surface area (Å²) in [7, 11) is -3.70. The molecule has 0 aliphatic carbocycles. The third-order valence-corrected chi connectivity index (χ3v) is 9.44. The fourth-order valence-electron chi connectivity index (χ4n) is 5.92. The summed E-state index contributed by atoms with van der Waals surface area (Å²) < 4.78 is 68.6. The lowest BCUT2D eigenvalue weighted by atomic mass is 9.81. The van der Waals surface area contributed by atoms with Crippen LogP contribution in [0.3, 0.4) is 0 Å². The third-order valence-electron chi connectivity index (χ3n) is 7.93. The molecule has 0 saturated heterocycles. The number of nitrogens with zero attached hydrogens (tertiary/aromatic N) is 4. The molecule has 2 amide bonds. The number of nitrogens with one attached hydrogen (secondary N) is 1. The molecule has 0 radical (unpaired) electrons. The van der Waals surface area contributed by atoms with E-state index in [2.05, 4.69) is 5.32 Å². The number of para-hydroxylation sites is 1. The van der Waals surface area contributed by atoms with Crippen LogP contribution in [0.5, 0.6) is 0 Å². The number of fused-ring (bicyclic) bond motifs is 1. The number of carbonyl (C=O) groups excluding carboxylic acids is 2. The van der Waals surface area contributed by atoms with E-state index in [9.17, 15) is 31.2 Å². The van der Waals surface area contributed by atoms with E-state index in [0.717, 1.165) is 23.6 Å². The van der Waals surface area contributed by atoms with Crippen molar-refractivity contribution in [1.82, 2.24) is 15.1 Å². The number of aromatic nitrogens is 2. The van der Waals surface area contributed by atoms with E-state index in [1.54, 1.807) is 42.8 Å². The highest BCUT2D eigenvalue weighted by Gasteiger charge is 2.46. The summed E-state index contributed by atoms with van der Waals surface area (Å²) >= 11 is 0. The topological polar surface area (TPSA) is 105 Å². The molecule has 2 aliphatic rings. The number of hydrogen-bond donors (Lipinski definition) is 1. The van der Waals surface area contributed by atoms with Gasteiger partial charge in [-0.05, 0) is 61.9 Å². The zero-order valence-electron chi connectivity index (χ0n) is 24.2. The fraction of sp³-hybridized carbons (Fsp3) is 0.219. The minimum Gasteiger partial charge on any atom is -0.339 e. The molecule has 0 bridgehead atoms. The van der Waals surface area contributed by atoms with E-state index >= 15 is 0 Å². The number of aryl methyl sites for hydroxylation is 1. The SMILES string of the molecule is CCN1C(=O)[C@H](NC(=O)c2cccc(C(F)(F)F)c2)[C@@H](c2cccc(N3CC=CS3(=O)=O)c2)c2c(C)nn(-c3ccccc3)c21. The monoisotopic (exact) mass is 635 g/mol. The van der Waals surface area contributed by atoms with Crippen molar-refractivity contribution < 1.29 is 31.2 Å². The molecule has 232 valence electrons. The van der Waals surface area contributed by atoms with Gasteiger partial charge >= 0.3 is 6.18 Å². The smallest absolute Gasteiger partial charge is 0.339 e. The zero-order valence-corrected chi connectivity index (χ0v) is 25.0. The Bertz CT molecular complexity index is 1940. The van der Waals surface area contributed by atoms with E-state index in [4.69, 9.17) is 5.10 Å². The van der Waals surface area contributed by atoms with Gasteiger partial charge in [0.2, 0.25) is 0 Å². The number of amides is 2. The number of halogens is 3. The van der Waals surface area contributed by atoms with Gasteiger partial charge in [-0.25, -0.2) is 13.1 Å². The number of anilines is 2. The van der Waals surface area contributed by atoms with E-state index in [1.165, 1.54) is 21.3 Å². The van der Waals surface area contributed by atoms with Crippen LogP contribution in [0.1, 0.15) is 45.6 Å². The maximum absolute atomic E-state index is 14.3. The molecular formula is C32H28F3N5O4S. The molecule has 1 aromatic heterocycles. The Balaban J connectivity index is 1.51. The third kappa shape index (κ3) is 5.37. The predicted molar refractivity (Wildman–Crippen MR) is 163 cm³/mol. The Morgan fingerprint density at radius 3 is 2.38 bits per heavy atom. The molecule has 45 heavy (non-hydrogen) atoms. The highest BCUT2D eigenvalue weighted by molar-refractivity contribution is 7.95. The van der Waals surface area contributed by atoms with Crippen molar-refractivity contribution in [2.75, 3.05) is 22.3 Å². The highest BCUT2D eigenvalue weighted by atomic mass is 32.2. The zero-order chi connectivity index (χ0) is 32.1. The van der Waals surface area contributed by atoms with Crippen LogP contribution in [0, 0.1) is 6.92 Å². The van der Waals surface area contributed by atoms with Gasteiger partial charge in [-0.1, -0.05) is 42.5 Å². The van der Waals surface area contributed by atoms with Crippen molar-refractivity contribution in [3.05, 3.63) is 118 Å². The second-order valence-electron chi connectivity index (χ2n) is 10.7. The highest BCUT2D eigenvalue weighted by Crippen LogP contribution is 2.44. The van der Waals surface area contributed by atoms with Crippen LogP contribution in [0.2, 0.25) is 0 Å². The number of likely N-dealkylation sites (N-methyl/N-ethyl adjacent to an activating group) is 1. The quantitative estimate of drug-likeness (QED) is 0.315. The Hall–Kier alpha value is -4.91. The summed E-state index contributed by atoms with van der Waals surface area (Å²) in [6, 6.07) is 18.6. The second kappa shape index (κ2) is 11.2. The predicted octanol–water partition coefficient (Wildman–Crippen LogP) is 5.16. The fourth-order valence-corrected chi connectivity index (χ4v) is 7.09. The molecule has 4 aromatic rings. The maximum Gasteiger partial charge on any atom is 0.416 e. The molecule has 0 saturated carbocycles. The van der Waals surface area contributed by atoms with Crippen LogP contribution in [0.15, 0.2) is 90.3 Å². The molecule has 3 heterocycles. The van der Waals surface area contributed by atoms with Crippen molar-refractivity contribution >= 4 is 33.3 Å². The molecule has 6 rings (SSSR count). The van der Waals surface area contributed by atoms with Crippen LogP contribution >= 0.6 is 0 Å². The molecule has 13 heteroatoms. The van der Waals surface area contributed by atoms with Crippen LogP contribution in [-0.2, 0) is 21.0 Å². The molecule has 0 unspecified atom stereocenters. The van der Waals surface area contributed by atoms with Gasteiger partial charge in [-0.15, -0.1) is 0 Å². The van der Waals surface area contributed by atoms with Crippen LogP contribution in [-0.4, -0.2) is 49.1 Å². The molecule has 3 aromatic carbocycles. The van der Waals surface area contributed by atoms with Gasteiger partial charge in [-0.3, -0.25) is 18.8 Å². The molecule has 2 atom stereocenters. The number of rotatable bonds is 6. The van der Waals surface area contributed by atoms with Gasteiger partial charge in [0.15, 0.2) is 0 Å². The van der Waals surface area contributed by atoms with E-state index in [0.29, 0.717) is 34.0 Å². The van der Waals surface area contributed by atoms with Crippen LogP contribution in [0.4, 0.5) is 24.7 Å². The van der Waals surface area contributed by atoms with E-state index in [-0.39, 0.29) is 18.7 Å². The Morgan fingerprint density at radius 2 is 1.71 bits per heavy atom. The van der Waals surface area contributed by atoms with Crippen LogP contribution in [0.25, 0.3) is 5.69 Å². The average Bonchev–Trinajstić information content (AvgIpc) is 3.55. The number of alkyl halides is 3. The lowest BCUT2D eigenvalue weighted by molar-refractivity contribution is -0.137. The first-order chi connectivity index (χ1) is 21.4. The standard InChI is InChI=1S/C32H28F3N5O4S/c1-3-38-30-26(20(2)37-40(30)24-13-5-4-6-14-24)27(21-10-8-15-25(19-21)39-16-9-17-45(39,43)44)28(31(38)42)36-29(41)22-11-7-12-23(18-22)32(33,34)35/h4-15,17-19,27-28H,3,16H2,1-2H3,(H,36,41)/t27-,28+/m0/s1. The van der Waals surface area contributed by atoms with Crippen molar-refractivity contribution in [3.63, 3.8) is 0 Å². The molecule has 9 nitrogen and oxygen atoms in total. The first-order valence-electron chi connectivity index (χ1n) is 14.1. The van der Waals surface area contributed by atoms with Crippen molar-refractivity contribution in [1.29, 1.82) is 0 Å². The van der Waals surface area contributed by atoms with Gasteiger partial charge in [0.25, 0.3) is 21.8 Å². The largest absolute Gasteiger partial charge is 0.416 e. The van der Waals surface area contributed by atoms with Crippen LogP contribution < -0.4 is 14.5 Å². The second-order valence-corrected chi connectivity index (χ2v) is 12.4. The van der Waals surface area contributed by atoms with Crippen molar-refractivity contribution in [3.8, 4) is 5.69 Å². The molecule has 0 spiro atoms. The summed E-state index contributed by atoms with van der Waals surface area (Å²) in [6.07, 6.45) is -3.14. The van der Waals surface area contributed by atoms with Gasteiger partial charge < -0.3 is 5.32 Å². The normalized spacial score (nSPS) is 19.1. The van der Waals surface area contributed by atoms with Crippen molar-refractivity contribution in [2.45, 2.75) is 32.0 Å².